The summed E-state index contributed by atoms with van der Waals surface area (Å²) in [5.74, 6) is 0.195. The summed E-state index contributed by atoms with van der Waals surface area (Å²) < 4.78 is 1.73. The van der Waals surface area contributed by atoms with Gasteiger partial charge < -0.3 is 4.40 Å². The van der Waals surface area contributed by atoms with Crippen molar-refractivity contribution in [3.8, 4) is 0 Å². The number of hydrogen-bond acceptors (Lipinski definition) is 5. The zero-order chi connectivity index (χ0) is 16.5. The second-order valence-corrected chi connectivity index (χ2v) is 7.42. The van der Waals surface area contributed by atoms with E-state index in [1.807, 2.05) is 0 Å². The number of nitrogens with zero attached hydrogens (tertiary/aromatic N) is 4. The molecule has 0 bridgehead atoms. The van der Waals surface area contributed by atoms with Crippen molar-refractivity contribution in [3.63, 3.8) is 0 Å². The predicted octanol–water partition coefficient (Wildman–Crippen LogP) is 4.14. The molecule has 1 aliphatic carbocycles. The number of hydrogen-bond donors (Lipinski definition) is 1. The second kappa shape index (κ2) is 6.49. The van der Waals surface area contributed by atoms with Gasteiger partial charge in [0, 0.05) is 18.3 Å². The Hall–Kier alpha value is -1.99. The van der Waals surface area contributed by atoms with Crippen LogP contribution in [0.25, 0.3) is 5.65 Å². The first-order valence-corrected chi connectivity index (χ1v) is 9.17. The number of fused-ring (bicyclic) bond motifs is 1. The van der Waals surface area contributed by atoms with Crippen LogP contribution in [-0.2, 0) is 0 Å². The molecular formula is C16H16ClN5OS. The quantitative estimate of drug-likeness (QED) is 0.761. The van der Waals surface area contributed by atoms with E-state index < -0.39 is 0 Å². The van der Waals surface area contributed by atoms with E-state index in [4.69, 9.17) is 11.6 Å². The summed E-state index contributed by atoms with van der Waals surface area (Å²) in [6.07, 6.45) is 9.49. The molecule has 1 fully saturated rings. The number of rotatable bonds is 3. The lowest BCUT2D eigenvalue weighted by atomic mass is 9.90. The number of aromatic nitrogens is 4. The van der Waals surface area contributed by atoms with Crippen molar-refractivity contribution in [3.05, 3.63) is 40.3 Å². The highest BCUT2D eigenvalue weighted by molar-refractivity contribution is 7.15. The molecule has 24 heavy (non-hydrogen) atoms. The smallest absolute Gasteiger partial charge is 0.277 e. The minimum Gasteiger partial charge on any atom is -0.305 e. The molecule has 0 spiro atoms. The molecule has 3 heterocycles. The Morgan fingerprint density at radius 2 is 2.04 bits per heavy atom. The van der Waals surface area contributed by atoms with E-state index in [-0.39, 0.29) is 5.91 Å². The molecular weight excluding hydrogens is 346 g/mol. The second-order valence-electron chi connectivity index (χ2n) is 5.97. The molecule has 0 aromatic carbocycles. The Morgan fingerprint density at radius 3 is 2.88 bits per heavy atom. The van der Waals surface area contributed by atoms with Crippen LogP contribution in [0.5, 0.6) is 0 Å². The third-order valence-corrected chi connectivity index (χ3v) is 5.49. The van der Waals surface area contributed by atoms with Crippen LogP contribution in [0.4, 0.5) is 5.13 Å². The first-order valence-electron chi connectivity index (χ1n) is 7.98. The van der Waals surface area contributed by atoms with Crippen molar-refractivity contribution in [2.45, 2.75) is 38.0 Å². The monoisotopic (exact) mass is 361 g/mol. The van der Waals surface area contributed by atoms with Gasteiger partial charge in [-0.25, -0.2) is 4.98 Å². The SMILES string of the molecule is O=C(Nc1nnc(C2CCCCC2)s1)c1cn2cc(Cl)ccc2n1. The highest BCUT2D eigenvalue weighted by Gasteiger charge is 2.21. The lowest BCUT2D eigenvalue weighted by molar-refractivity contribution is 0.102. The maximum Gasteiger partial charge on any atom is 0.277 e. The molecule has 1 saturated carbocycles. The van der Waals surface area contributed by atoms with Crippen molar-refractivity contribution in [2.75, 3.05) is 5.32 Å². The van der Waals surface area contributed by atoms with Crippen LogP contribution < -0.4 is 5.32 Å². The van der Waals surface area contributed by atoms with Crippen molar-refractivity contribution < 1.29 is 4.79 Å². The Bertz CT molecular complexity index is 884. The molecule has 1 aliphatic rings. The summed E-state index contributed by atoms with van der Waals surface area (Å²) in [4.78, 5) is 16.7. The Balaban J connectivity index is 1.49. The number of anilines is 1. The van der Waals surface area contributed by atoms with E-state index in [1.54, 1.807) is 28.9 Å². The third-order valence-electron chi connectivity index (χ3n) is 4.26. The minimum atomic E-state index is -0.291. The van der Waals surface area contributed by atoms with Gasteiger partial charge in [-0.05, 0) is 25.0 Å². The average Bonchev–Trinajstić information content (AvgIpc) is 3.22. The zero-order valence-corrected chi connectivity index (χ0v) is 14.5. The largest absolute Gasteiger partial charge is 0.305 e. The van der Waals surface area contributed by atoms with Crippen molar-refractivity contribution in [1.82, 2.24) is 19.6 Å². The molecule has 8 heteroatoms. The van der Waals surface area contributed by atoms with E-state index in [1.165, 1.54) is 30.6 Å². The number of imidazole rings is 1. The third kappa shape index (κ3) is 3.14. The summed E-state index contributed by atoms with van der Waals surface area (Å²) in [6.45, 7) is 0. The van der Waals surface area contributed by atoms with E-state index in [2.05, 4.69) is 20.5 Å². The van der Waals surface area contributed by atoms with Gasteiger partial charge in [0.05, 0.1) is 5.02 Å². The predicted molar refractivity (Wildman–Crippen MR) is 93.9 cm³/mol. The lowest BCUT2D eigenvalue weighted by Gasteiger charge is -2.18. The molecule has 4 rings (SSSR count). The average molecular weight is 362 g/mol. The summed E-state index contributed by atoms with van der Waals surface area (Å²) >= 11 is 7.41. The highest BCUT2D eigenvalue weighted by Crippen LogP contribution is 2.35. The first-order chi connectivity index (χ1) is 11.7. The Kier molecular flexibility index (Phi) is 4.20. The van der Waals surface area contributed by atoms with Crippen molar-refractivity contribution >= 4 is 39.6 Å². The van der Waals surface area contributed by atoms with Gasteiger partial charge in [-0.3, -0.25) is 10.1 Å². The number of carbonyl (C=O) groups excluding carboxylic acids is 1. The van der Waals surface area contributed by atoms with Gasteiger partial charge in [-0.2, -0.15) is 0 Å². The molecule has 6 nitrogen and oxygen atoms in total. The molecule has 1 N–H and O–H groups in total. The van der Waals surface area contributed by atoms with Gasteiger partial charge in [0.1, 0.15) is 16.3 Å². The number of pyridine rings is 1. The van der Waals surface area contributed by atoms with Crippen LogP contribution in [-0.4, -0.2) is 25.5 Å². The number of amides is 1. The van der Waals surface area contributed by atoms with E-state index in [9.17, 15) is 4.79 Å². The minimum absolute atomic E-state index is 0.291. The van der Waals surface area contributed by atoms with Crippen LogP contribution in [0.3, 0.4) is 0 Å². The lowest BCUT2D eigenvalue weighted by Crippen LogP contribution is -2.12. The van der Waals surface area contributed by atoms with Crippen molar-refractivity contribution in [1.29, 1.82) is 0 Å². The highest BCUT2D eigenvalue weighted by atomic mass is 35.5. The van der Waals surface area contributed by atoms with Crippen LogP contribution in [0.15, 0.2) is 24.5 Å². The number of nitrogens with one attached hydrogen (secondary N) is 1. The van der Waals surface area contributed by atoms with E-state index >= 15 is 0 Å². The van der Waals surface area contributed by atoms with Gasteiger partial charge in [-0.15, -0.1) is 10.2 Å². The number of halogens is 1. The molecule has 1 amide bonds. The topological polar surface area (TPSA) is 72.2 Å². The molecule has 124 valence electrons. The molecule has 0 saturated heterocycles. The molecule has 0 unspecified atom stereocenters. The van der Waals surface area contributed by atoms with Gasteiger partial charge in [0.15, 0.2) is 0 Å². The van der Waals surface area contributed by atoms with Gasteiger partial charge >= 0.3 is 0 Å². The van der Waals surface area contributed by atoms with Crippen LogP contribution in [0.1, 0.15) is 53.5 Å². The first kappa shape index (κ1) is 15.5. The molecule has 0 aliphatic heterocycles. The van der Waals surface area contributed by atoms with Gasteiger partial charge in [0.2, 0.25) is 5.13 Å². The van der Waals surface area contributed by atoms with Crippen LogP contribution in [0.2, 0.25) is 5.02 Å². The number of carbonyl (C=O) groups is 1. The van der Waals surface area contributed by atoms with E-state index in [0.29, 0.717) is 27.4 Å². The fourth-order valence-electron chi connectivity index (χ4n) is 3.03. The summed E-state index contributed by atoms with van der Waals surface area (Å²) in [7, 11) is 0. The maximum atomic E-state index is 12.4. The van der Waals surface area contributed by atoms with Crippen molar-refractivity contribution in [2.24, 2.45) is 0 Å². The van der Waals surface area contributed by atoms with Gasteiger partial charge in [0.25, 0.3) is 5.91 Å². The fourth-order valence-corrected chi connectivity index (χ4v) is 4.11. The van der Waals surface area contributed by atoms with Crippen LogP contribution >= 0.6 is 22.9 Å². The maximum absolute atomic E-state index is 12.4. The molecule has 3 aromatic rings. The van der Waals surface area contributed by atoms with Crippen LogP contribution in [0, 0.1) is 0 Å². The van der Waals surface area contributed by atoms with Gasteiger partial charge in [-0.1, -0.05) is 42.2 Å². The Labute approximate surface area is 147 Å². The normalized spacial score (nSPS) is 15.7. The molecule has 3 aromatic heterocycles. The summed E-state index contributed by atoms with van der Waals surface area (Å²) in [5, 5.41) is 13.3. The molecule has 0 atom stereocenters. The molecule has 0 radical (unpaired) electrons. The Morgan fingerprint density at radius 1 is 1.21 bits per heavy atom. The summed E-state index contributed by atoms with van der Waals surface area (Å²) in [5.41, 5.74) is 0.997. The zero-order valence-electron chi connectivity index (χ0n) is 12.9. The summed E-state index contributed by atoms with van der Waals surface area (Å²) in [6, 6.07) is 3.51. The van der Waals surface area contributed by atoms with E-state index in [0.717, 1.165) is 17.8 Å². The fraction of sp³-hybridized carbons (Fsp3) is 0.375. The standard InChI is InChI=1S/C16H16ClN5OS/c17-11-6-7-13-18-12(9-22(13)8-11)14(23)19-16-21-20-15(24-16)10-4-2-1-3-5-10/h6-10H,1-5H2,(H,19,21,23).